The van der Waals surface area contributed by atoms with Crippen LogP contribution in [0.15, 0.2) is 33.8 Å². The molecule has 1 fully saturated rings. The van der Waals surface area contributed by atoms with Crippen LogP contribution in [0.4, 0.5) is 0 Å². The lowest BCUT2D eigenvalue weighted by molar-refractivity contribution is -0.123. The van der Waals surface area contributed by atoms with Crippen LogP contribution in [0.2, 0.25) is 0 Å². The molecule has 0 atom stereocenters. The first-order valence-corrected chi connectivity index (χ1v) is 10.8. The highest BCUT2D eigenvalue weighted by Crippen LogP contribution is 2.43. The van der Waals surface area contributed by atoms with Crippen LogP contribution >= 0.6 is 11.6 Å². The maximum atomic E-state index is 12.6. The Morgan fingerprint density at radius 1 is 1.33 bits per heavy atom. The van der Waals surface area contributed by atoms with Crippen LogP contribution in [0, 0.1) is 5.41 Å². The van der Waals surface area contributed by atoms with Crippen LogP contribution in [0.1, 0.15) is 66.7 Å². The maximum absolute atomic E-state index is 12.6. The average Bonchev–Trinajstić information content (AvgIpc) is 2.96. The second-order valence-electron chi connectivity index (χ2n) is 9.05. The quantitative estimate of drug-likeness (QED) is 0.363. The molecule has 7 heteroatoms. The Morgan fingerprint density at radius 2 is 2.00 bits per heavy atom. The normalized spacial score (nSPS) is 19.8. The number of hydrogen-bond donors (Lipinski definition) is 2. The van der Waals surface area contributed by atoms with Gasteiger partial charge in [-0.2, -0.15) is 0 Å². The Labute approximate surface area is 186 Å². The van der Waals surface area contributed by atoms with Crippen molar-refractivity contribution >= 4 is 23.8 Å². The van der Waals surface area contributed by atoms with Crippen molar-refractivity contribution in [3.05, 3.63) is 33.8 Å². The van der Waals surface area contributed by atoms with E-state index in [1.807, 2.05) is 13.8 Å². The third-order valence-electron chi connectivity index (χ3n) is 4.79. The number of nitrogens with one attached hydrogen (secondary N) is 2. The van der Waals surface area contributed by atoms with Gasteiger partial charge in [0.2, 0.25) is 5.91 Å². The first kappa shape index (κ1) is 26.2. The molecule has 1 heterocycles. The fourth-order valence-electron chi connectivity index (χ4n) is 3.43. The molecule has 1 aliphatic rings. The summed E-state index contributed by atoms with van der Waals surface area (Å²) in [7, 11) is 3.20. The average molecular weight is 441 g/mol. The van der Waals surface area contributed by atoms with E-state index in [-0.39, 0.29) is 30.2 Å². The highest BCUT2D eigenvalue weighted by molar-refractivity contribution is 6.30. The van der Waals surface area contributed by atoms with Crippen molar-refractivity contribution in [2.45, 2.75) is 72.3 Å². The minimum atomic E-state index is -0.421. The van der Waals surface area contributed by atoms with Gasteiger partial charge in [-0.05, 0) is 37.7 Å². The molecule has 0 radical (unpaired) electrons. The number of halogens is 1. The molecule has 0 bridgehead atoms. The molecule has 6 nitrogen and oxygen atoms in total. The van der Waals surface area contributed by atoms with Crippen LogP contribution < -0.4 is 10.6 Å². The van der Waals surface area contributed by atoms with Gasteiger partial charge < -0.3 is 20.1 Å². The minimum Gasteiger partial charge on any atom is -0.486 e. The zero-order valence-electron chi connectivity index (χ0n) is 19.4. The lowest BCUT2D eigenvalue weighted by Crippen LogP contribution is -2.32. The van der Waals surface area contributed by atoms with Gasteiger partial charge in [0, 0.05) is 27.0 Å². The van der Waals surface area contributed by atoms with E-state index in [1.54, 1.807) is 7.05 Å². The standard InChI is InChI=1S/C23H37ClN2O4/c1-8-9-10-16-11-23(4,5)30-21(16)17(24)12-22(2,3)13-20(28)26-18(14-27)19(25-6)15-29-7/h10,14,25H,8-9,11-13,15H2,1-7H3,(H,26,28)/b16-10-,19-18+,21-17+. The number of methoxy groups -OCH3 is 1. The molecule has 1 amide bonds. The Kier molecular flexibility index (Phi) is 10.1. The summed E-state index contributed by atoms with van der Waals surface area (Å²) in [5.41, 5.74) is 1.12. The predicted molar refractivity (Wildman–Crippen MR) is 121 cm³/mol. The Hall–Kier alpha value is -1.79. The Morgan fingerprint density at radius 3 is 2.53 bits per heavy atom. The van der Waals surface area contributed by atoms with Gasteiger partial charge in [0.1, 0.15) is 17.1 Å². The molecule has 1 rings (SSSR count). The zero-order chi connectivity index (χ0) is 22.9. The third kappa shape index (κ3) is 8.15. The van der Waals surface area contributed by atoms with E-state index < -0.39 is 5.41 Å². The molecular formula is C23H37ClN2O4. The summed E-state index contributed by atoms with van der Waals surface area (Å²) < 4.78 is 11.2. The first-order valence-electron chi connectivity index (χ1n) is 10.4. The van der Waals surface area contributed by atoms with E-state index in [0.717, 1.165) is 30.6 Å². The van der Waals surface area contributed by atoms with Crippen molar-refractivity contribution in [3.8, 4) is 0 Å². The number of allylic oxidation sites excluding steroid dienone is 4. The van der Waals surface area contributed by atoms with Crippen LogP contribution in [0.3, 0.4) is 0 Å². The van der Waals surface area contributed by atoms with E-state index in [1.165, 1.54) is 7.11 Å². The van der Waals surface area contributed by atoms with Crippen molar-refractivity contribution in [1.29, 1.82) is 0 Å². The van der Waals surface area contributed by atoms with Crippen LogP contribution in [0.5, 0.6) is 0 Å². The van der Waals surface area contributed by atoms with Gasteiger partial charge in [0.05, 0.1) is 17.3 Å². The molecule has 0 aromatic rings. The molecule has 0 aromatic heterocycles. The smallest absolute Gasteiger partial charge is 0.225 e. The van der Waals surface area contributed by atoms with E-state index in [2.05, 4.69) is 37.5 Å². The molecule has 170 valence electrons. The number of hydrogen-bond acceptors (Lipinski definition) is 5. The summed E-state index contributed by atoms with van der Waals surface area (Å²) in [5, 5.41) is 6.18. The lowest BCUT2D eigenvalue weighted by atomic mass is 9.84. The van der Waals surface area contributed by atoms with Gasteiger partial charge in [-0.15, -0.1) is 0 Å². The van der Waals surface area contributed by atoms with E-state index in [9.17, 15) is 9.59 Å². The first-order chi connectivity index (χ1) is 14.0. The summed E-state index contributed by atoms with van der Waals surface area (Å²) in [5.74, 6) is 0.490. The second-order valence-corrected chi connectivity index (χ2v) is 9.51. The summed E-state index contributed by atoms with van der Waals surface area (Å²) in [4.78, 5) is 24.0. The summed E-state index contributed by atoms with van der Waals surface area (Å²) in [6, 6.07) is 0. The van der Waals surface area contributed by atoms with Crippen molar-refractivity contribution in [2.75, 3.05) is 20.8 Å². The molecular weight excluding hydrogens is 404 g/mol. The maximum Gasteiger partial charge on any atom is 0.225 e. The topological polar surface area (TPSA) is 76.7 Å². The van der Waals surface area contributed by atoms with Gasteiger partial charge >= 0.3 is 0 Å². The molecule has 0 aliphatic carbocycles. The third-order valence-corrected chi connectivity index (χ3v) is 5.10. The number of amides is 1. The van der Waals surface area contributed by atoms with Crippen molar-refractivity contribution < 1.29 is 19.1 Å². The molecule has 0 unspecified atom stereocenters. The molecule has 0 saturated carbocycles. The number of likely N-dealkylation sites (N-methyl/N-ethyl adjacent to an activating group) is 1. The van der Waals surface area contributed by atoms with Crippen LogP contribution in [0.25, 0.3) is 0 Å². The number of unbranched alkanes of at least 4 members (excludes halogenated alkanes) is 1. The molecule has 0 spiro atoms. The van der Waals surface area contributed by atoms with Gasteiger partial charge in [-0.25, -0.2) is 0 Å². The SMILES string of the molecule is CCC/C=C1/CC(C)(C)O/C1=C(/Cl)CC(C)(C)CC(=O)N/C(C=O)=C(\COC)NC. The van der Waals surface area contributed by atoms with Gasteiger partial charge in [-0.1, -0.05) is 44.9 Å². The second kappa shape index (κ2) is 11.6. The van der Waals surface area contributed by atoms with Gasteiger partial charge in [-0.3, -0.25) is 9.59 Å². The molecule has 1 saturated heterocycles. The number of carbonyl (C=O) groups is 2. The Bertz CT molecular complexity index is 721. The van der Waals surface area contributed by atoms with Gasteiger partial charge in [0.25, 0.3) is 0 Å². The lowest BCUT2D eigenvalue weighted by Gasteiger charge is -2.25. The van der Waals surface area contributed by atoms with Crippen molar-refractivity contribution in [2.24, 2.45) is 5.41 Å². The molecule has 2 N–H and O–H groups in total. The fourth-order valence-corrected chi connectivity index (χ4v) is 3.95. The zero-order valence-corrected chi connectivity index (χ0v) is 20.2. The number of ether oxygens (including phenoxy) is 2. The molecule has 1 aliphatic heterocycles. The van der Waals surface area contributed by atoms with Gasteiger partial charge in [0.15, 0.2) is 6.29 Å². The van der Waals surface area contributed by atoms with Crippen LogP contribution in [-0.2, 0) is 19.1 Å². The number of carbonyl (C=O) groups excluding carboxylic acids is 2. The fraction of sp³-hybridized carbons (Fsp3) is 0.652. The number of aldehydes is 1. The van der Waals surface area contributed by atoms with E-state index in [0.29, 0.717) is 23.4 Å². The predicted octanol–water partition coefficient (Wildman–Crippen LogP) is 4.56. The largest absolute Gasteiger partial charge is 0.486 e. The Balaban J connectivity index is 2.95. The number of rotatable bonds is 11. The van der Waals surface area contributed by atoms with Crippen molar-refractivity contribution in [3.63, 3.8) is 0 Å². The summed E-state index contributed by atoms with van der Waals surface area (Å²) >= 11 is 6.69. The highest BCUT2D eigenvalue weighted by Gasteiger charge is 2.35. The van der Waals surface area contributed by atoms with Crippen molar-refractivity contribution in [1.82, 2.24) is 10.6 Å². The highest BCUT2D eigenvalue weighted by atomic mass is 35.5. The monoisotopic (exact) mass is 440 g/mol. The molecule has 30 heavy (non-hydrogen) atoms. The summed E-state index contributed by atoms with van der Waals surface area (Å²) in [6.45, 7) is 10.4. The summed E-state index contributed by atoms with van der Waals surface area (Å²) in [6.07, 6.45) is 6.36. The van der Waals surface area contributed by atoms with E-state index >= 15 is 0 Å². The van der Waals surface area contributed by atoms with Crippen LogP contribution in [-0.4, -0.2) is 38.6 Å². The minimum absolute atomic E-state index is 0.176. The van der Waals surface area contributed by atoms with E-state index in [4.69, 9.17) is 21.1 Å². The molecule has 0 aromatic carbocycles.